The second-order valence-corrected chi connectivity index (χ2v) is 5.54. The molecule has 0 amide bonds. The Morgan fingerprint density at radius 2 is 2.29 bits per heavy atom. The monoisotopic (exact) mass is 210 g/mol. The Hall–Kier alpha value is -0.730. The van der Waals surface area contributed by atoms with Crippen molar-refractivity contribution in [3.8, 4) is 0 Å². The fourth-order valence-electron chi connectivity index (χ4n) is 1.16. The van der Waals surface area contributed by atoms with Gasteiger partial charge in [-0.1, -0.05) is 23.8 Å². The first kappa shape index (κ1) is 11.3. The average Bonchev–Trinajstić information content (AvgIpc) is 2.53. The van der Waals surface area contributed by atoms with Gasteiger partial charge in [-0.05, 0) is 36.3 Å². The molecule has 0 aliphatic carbocycles. The Labute approximate surface area is 88.9 Å². The van der Waals surface area contributed by atoms with E-state index in [4.69, 9.17) is 5.11 Å². The molecule has 2 heteroatoms. The predicted molar refractivity (Wildman–Crippen MR) is 66.7 cm³/mol. The molecule has 78 valence electrons. The predicted octanol–water partition coefficient (Wildman–Crippen LogP) is 2.91. The molecule has 0 aromatic carbocycles. The largest absolute Gasteiger partial charge is 0.396 e. The molecule has 1 nitrogen and oxygen atoms in total. The maximum absolute atomic E-state index is 8.79. The van der Waals surface area contributed by atoms with Crippen LogP contribution in [0.4, 0.5) is 0 Å². The van der Waals surface area contributed by atoms with E-state index in [0.717, 1.165) is 5.75 Å². The lowest BCUT2D eigenvalue weighted by Crippen LogP contribution is -1.87. The van der Waals surface area contributed by atoms with Crippen molar-refractivity contribution >= 4 is 10.9 Å². The third-order valence-corrected chi connectivity index (χ3v) is 3.73. The molecular formula is C12H18OS. The Morgan fingerprint density at radius 1 is 1.50 bits per heavy atom. The smallest absolute Gasteiger partial charge is 0.0510 e. The summed E-state index contributed by atoms with van der Waals surface area (Å²) in [6.45, 7) is 4.46. The molecule has 0 aromatic rings. The summed E-state index contributed by atoms with van der Waals surface area (Å²) in [6.07, 6.45) is 8.42. The average molecular weight is 210 g/mol. The van der Waals surface area contributed by atoms with E-state index in [1.54, 1.807) is 0 Å². The molecule has 1 aliphatic rings. The first-order valence-electron chi connectivity index (χ1n) is 4.80. The van der Waals surface area contributed by atoms with Gasteiger partial charge in [0.25, 0.3) is 0 Å². The van der Waals surface area contributed by atoms with E-state index < -0.39 is 0 Å². The molecule has 14 heavy (non-hydrogen) atoms. The summed E-state index contributed by atoms with van der Waals surface area (Å²) in [5.74, 6) is 0.895. The Kier molecular flexibility index (Phi) is 4.77. The van der Waals surface area contributed by atoms with Crippen molar-refractivity contribution < 1.29 is 5.11 Å². The van der Waals surface area contributed by atoms with Gasteiger partial charge in [0.1, 0.15) is 0 Å². The van der Waals surface area contributed by atoms with Gasteiger partial charge >= 0.3 is 0 Å². The van der Waals surface area contributed by atoms with E-state index in [1.165, 1.54) is 11.1 Å². The molecule has 0 fully saturated rings. The van der Waals surface area contributed by atoms with Gasteiger partial charge in [-0.3, -0.25) is 0 Å². The minimum absolute atomic E-state index is 0.181. The molecule has 1 atom stereocenters. The number of allylic oxidation sites excluding steroid dienone is 6. The lowest BCUT2D eigenvalue weighted by molar-refractivity contribution is 0.322. The van der Waals surface area contributed by atoms with Gasteiger partial charge in [-0.25, -0.2) is 10.9 Å². The molecule has 0 aromatic heterocycles. The fraction of sp³-hybridized carbons (Fsp3) is 0.333. The summed E-state index contributed by atoms with van der Waals surface area (Å²) >= 11 is 0. The van der Waals surface area contributed by atoms with Crippen molar-refractivity contribution in [2.45, 2.75) is 13.8 Å². The topological polar surface area (TPSA) is 20.2 Å². The standard InChI is InChI=1S/C12H18OS/c1-11(2)4-3-5-12-6-8-14(10-12)9-7-13/h3-6,8,10,13-14H,7,9H2,1-2H3. The highest BCUT2D eigenvalue weighted by Crippen LogP contribution is 2.35. The van der Waals surface area contributed by atoms with Crippen LogP contribution in [0.1, 0.15) is 13.8 Å². The number of rotatable bonds is 4. The molecule has 1 N–H and O–H groups in total. The van der Waals surface area contributed by atoms with E-state index in [9.17, 15) is 0 Å². The van der Waals surface area contributed by atoms with Crippen LogP contribution in [0.5, 0.6) is 0 Å². The van der Waals surface area contributed by atoms with Crippen LogP contribution in [0.25, 0.3) is 0 Å². The van der Waals surface area contributed by atoms with Crippen molar-refractivity contribution in [3.63, 3.8) is 0 Å². The minimum Gasteiger partial charge on any atom is -0.396 e. The van der Waals surface area contributed by atoms with Gasteiger partial charge in [-0.15, -0.1) is 0 Å². The number of aliphatic hydroxyl groups is 1. The van der Waals surface area contributed by atoms with E-state index in [1.807, 2.05) is 0 Å². The lowest BCUT2D eigenvalue weighted by Gasteiger charge is -2.04. The third kappa shape index (κ3) is 3.99. The lowest BCUT2D eigenvalue weighted by atomic mass is 10.2. The zero-order chi connectivity index (χ0) is 10.4. The third-order valence-electron chi connectivity index (χ3n) is 1.85. The van der Waals surface area contributed by atoms with Crippen molar-refractivity contribution in [2.24, 2.45) is 0 Å². The van der Waals surface area contributed by atoms with Crippen LogP contribution in [-0.2, 0) is 0 Å². The van der Waals surface area contributed by atoms with Crippen LogP contribution in [0.2, 0.25) is 0 Å². The van der Waals surface area contributed by atoms with Crippen LogP contribution in [0.3, 0.4) is 0 Å². The van der Waals surface area contributed by atoms with E-state index in [2.05, 4.69) is 49.0 Å². The highest BCUT2D eigenvalue weighted by atomic mass is 32.2. The maximum atomic E-state index is 8.79. The number of hydrogen-bond acceptors (Lipinski definition) is 1. The molecule has 1 unspecified atom stereocenters. The summed E-state index contributed by atoms with van der Waals surface area (Å²) in [7, 11) is -0.181. The molecule has 0 spiro atoms. The zero-order valence-electron chi connectivity index (χ0n) is 8.77. The zero-order valence-corrected chi connectivity index (χ0v) is 9.67. The quantitative estimate of drug-likeness (QED) is 0.540. The van der Waals surface area contributed by atoms with Crippen molar-refractivity contribution in [2.75, 3.05) is 12.4 Å². The molecule has 1 heterocycles. The van der Waals surface area contributed by atoms with Gasteiger partial charge in [0, 0.05) is 5.75 Å². The molecule has 0 saturated heterocycles. The maximum Gasteiger partial charge on any atom is 0.0510 e. The second-order valence-electron chi connectivity index (χ2n) is 3.51. The van der Waals surface area contributed by atoms with Gasteiger partial charge in [0.2, 0.25) is 0 Å². The van der Waals surface area contributed by atoms with Gasteiger partial charge in [-0.2, -0.15) is 0 Å². The normalized spacial score (nSPS) is 22.8. The second kappa shape index (κ2) is 5.89. The highest BCUT2D eigenvalue weighted by Gasteiger charge is 2.01. The molecule has 0 bridgehead atoms. The molecular weight excluding hydrogens is 192 g/mol. The first-order chi connectivity index (χ1) is 6.72. The van der Waals surface area contributed by atoms with Gasteiger partial charge in [0.05, 0.1) is 6.61 Å². The van der Waals surface area contributed by atoms with Crippen LogP contribution >= 0.6 is 10.9 Å². The van der Waals surface area contributed by atoms with Gasteiger partial charge in [0.15, 0.2) is 0 Å². The summed E-state index contributed by atoms with van der Waals surface area (Å²) in [5.41, 5.74) is 2.57. The van der Waals surface area contributed by atoms with Crippen LogP contribution in [-0.4, -0.2) is 17.5 Å². The highest BCUT2D eigenvalue weighted by molar-refractivity contribution is 8.22. The fourth-order valence-corrected chi connectivity index (χ4v) is 2.68. The molecule has 1 aliphatic heterocycles. The van der Waals surface area contributed by atoms with E-state index in [-0.39, 0.29) is 17.5 Å². The summed E-state index contributed by atoms with van der Waals surface area (Å²) < 4.78 is 0. The summed E-state index contributed by atoms with van der Waals surface area (Å²) in [6, 6.07) is 0. The van der Waals surface area contributed by atoms with Crippen molar-refractivity contribution in [1.82, 2.24) is 0 Å². The first-order valence-corrected chi connectivity index (χ1v) is 6.47. The number of hydrogen-bond donors (Lipinski definition) is 2. The van der Waals surface area contributed by atoms with E-state index >= 15 is 0 Å². The van der Waals surface area contributed by atoms with Crippen LogP contribution in [0.15, 0.2) is 46.3 Å². The van der Waals surface area contributed by atoms with Gasteiger partial charge < -0.3 is 5.11 Å². The Balaban J connectivity index is 2.49. The SMILES string of the molecule is CC(C)=CC=CC1=C[SH](CCO)C=C1. The van der Waals surface area contributed by atoms with Crippen LogP contribution in [0, 0.1) is 0 Å². The Bertz CT molecular complexity index is 293. The number of thiol groups is 1. The molecule has 0 saturated carbocycles. The molecule has 1 rings (SSSR count). The molecule has 0 radical (unpaired) electrons. The van der Waals surface area contributed by atoms with Crippen LogP contribution < -0.4 is 0 Å². The minimum atomic E-state index is -0.181. The van der Waals surface area contributed by atoms with Crippen molar-refractivity contribution in [1.29, 1.82) is 0 Å². The van der Waals surface area contributed by atoms with E-state index in [0.29, 0.717) is 0 Å². The summed E-state index contributed by atoms with van der Waals surface area (Å²) in [4.78, 5) is 0. The Morgan fingerprint density at radius 3 is 2.93 bits per heavy atom. The summed E-state index contributed by atoms with van der Waals surface area (Å²) in [5, 5.41) is 13.2. The number of aliphatic hydroxyl groups excluding tert-OH is 1. The van der Waals surface area contributed by atoms with Crippen molar-refractivity contribution in [3.05, 3.63) is 46.3 Å².